The van der Waals surface area contributed by atoms with Gasteiger partial charge < -0.3 is 14.8 Å². The number of fused-ring (bicyclic) bond motifs is 3. The minimum atomic E-state index is -0.810. The molecule has 5 heterocycles. The summed E-state index contributed by atoms with van der Waals surface area (Å²) < 4.78 is 2.52. The van der Waals surface area contributed by atoms with Crippen LogP contribution in [-0.2, 0) is 15.0 Å². The molecule has 7 nitrogen and oxygen atoms in total. The Morgan fingerprint density at radius 3 is 2.23 bits per heavy atom. The maximum atomic E-state index is 13.7. The molecular formula is C36H47N5O2. The number of piperidine rings is 2. The summed E-state index contributed by atoms with van der Waals surface area (Å²) >= 11 is 0. The molecule has 7 rings (SSSR count). The predicted molar refractivity (Wildman–Crippen MR) is 170 cm³/mol. The molecule has 43 heavy (non-hydrogen) atoms. The van der Waals surface area contributed by atoms with Gasteiger partial charge in [0.2, 0.25) is 11.8 Å². The molecule has 0 aliphatic carbocycles. The van der Waals surface area contributed by atoms with E-state index in [-0.39, 0.29) is 17.2 Å². The molecule has 7 heteroatoms. The molecule has 1 N–H and O–H groups in total. The first-order valence-corrected chi connectivity index (χ1v) is 16.5. The van der Waals surface area contributed by atoms with Crippen LogP contribution in [0.4, 0.5) is 0 Å². The third kappa shape index (κ3) is 4.88. The van der Waals surface area contributed by atoms with E-state index in [0.717, 1.165) is 50.2 Å². The fourth-order valence-electron chi connectivity index (χ4n) is 9.31. The molecule has 228 valence electrons. The number of hydrogen-bond acceptors (Lipinski definition) is 4. The first kappa shape index (κ1) is 28.6. The van der Waals surface area contributed by atoms with Gasteiger partial charge in [0.1, 0.15) is 11.4 Å². The number of amides is 2. The summed E-state index contributed by atoms with van der Waals surface area (Å²) in [5.41, 5.74) is 2.53. The molecule has 2 bridgehead atoms. The number of nitrogens with zero attached hydrogens (tertiary/aromatic N) is 4. The summed E-state index contributed by atoms with van der Waals surface area (Å²) in [6, 6.07) is 21.4. The minimum Gasteiger partial charge on any atom is -0.341 e. The van der Waals surface area contributed by atoms with E-state index in [1.54, 1.807) is 0 Å². The molecule has 1 aromatic heterocycles. The average Bonchev–Trinajstić information content (AvgIpc) is 3.54. The second-order valence-electron chi connectivity index (χ2n) is 14.8. The predicted octanol–water partition coefficient (Wildman–Crippen LogP) is 5.77. The van der Waals surface area contributed by atoms with E-state index in [1.165, 1.54) is 36.8 Å². The molecule has 4 aliphatic heterocycles. The lowest BCUT2D eigenvalue weighted by molar-refractivity contribution is -0.140. The summed E-state index contributed by atoms with van der Waals surface area (Å²) in [5, 5.41) is 3.04. The standard InChI is InChI=1S/C36H47N5O2/c1-25-37-30-12-8-9-13-31(30)41(25)29-22-27-14-15-28(23-29)40(27)21-18-36(26-10-6-5-7-11-26)16-19-39(20-17-36)33(43)35(4)24-34(2,3)32(42)38-35/h5-13,27-29H,14-24H2,1-4H3,(H,38,42)/t27-,28+,29+,35?. The monoisotopic (exact) mass is 581 g/mol. The summed E-state index contributed by atoms with van der Waals surface area (Å²) in [5.74, 6) is 1.20. The van der Waals surface area contributed by atoms with Crippen LogP contribution in [-0.4, -0.2) is 68.4 Å². The minimum absolute atomic E-state index is 0.0196. The van der Waals surface area contributed by atoms with E-state index >= 15 is 0 Å². The highest BCUT2D eigenvalue weighted by Gasteiger charge is 2.52. The van der Waals surface area contributed by atoms with Gasteiger partial charge in [0.15, 0.2) is 0 Å². The summed E-state index contributed by atoms with van der Waals surface area (Å²) in [6.07, 6.45) is 8.54. The highest BCUT2D eigenvalue weighted by molar-refractivity contribution is 5.96. The Balaban J connectivity index is 1.05. The lowest BCUT2D eigenvalue weighted by atomic mass is 9.70. The number of nitrogens with one attached hydrogen (secondary N) is 1. The van der Waals surface area contributed by atoms with E-state index in [1.807, 2.05) is 25.7 Å². The van der Waals surface area contributed by atoms with E-state index in [9.17, 15) is 9.59 Å². The fraction of sp³-hybridized carbons (Fsp3) is 0.583. The molecule has 4 fully saturated rings. The van der Waals surface area contributed by atoms with Crippen LogP contribution in [0, 0.1) is 12.3 Å². The highest BCUT2D eigenvalue weighted by Crippen LogP contribution is 2.45. The van der Waals surface area contributed by atoms with Crippen molar-refractivity contribution >= 4 is 22.8 Å². The van der Waals surface area contributed by atoms with Gasteiger partial charge in [-0.25, -0.2) is 4.98 Å². The van der Waals surface area contributed by atoms with Crippen LogP contribution in [0.5, 0.6) is 0 Å². The quantitative estimate of drug-likeness (QED) is 0.402. The van der Waals surface area contributed by atoms with Gasteiger partial charge in [0.05, 0.1) is 11.0 Å². The summed E-state index contributed by atoms with van der Waals surface area (Å²) in [7, 11) is 0. The maximum absolute atomic E-state index is 13.7. The number of aromatic nitrogens is 2. The van der Waals surface area contributed by atoms with Gasteiger partial charge in [-0.05, 0) is 94.9 Å². The second kappa shape index (κ2) is 10.5. The molecule has 3 aromatic rings. The fourth-order valence-corrected chi connectivity index (χ4v) is 9.31. The van der Waals surface area contributed by atoms with Crippen molar-refractivity contribution in [3.05, 3.63) is 66.0 Å². The zero-order valence-corrected chi connectivity index (χ0v) is 26.3. The number of benzene rings is 2. The van der Waals surface area contributed by atoms with Crippen LogP contribution in [0.25, 0.3) is 11.0 Å². The van der Waals surface area contributed by atoms with Crippen molar-refractivity contribution in [1.29, 1.82) is 0 Å². The first-order valence-electron chi connectivity index (χ1n) is 16.5. The third-order valence-electron chi connectivity index (χ3n) is 11.5. The average molecular weight is 582 g/mol. The van der Waals surface area contributed by atoms with Crippen LogP contribution < -0.4 is 5.32 Å². The maximum Gasteiger partial charge on any atom is 0.248 e. The van der Waals surface area contributed by atoms with Crippen molar-refractivity contribution < 1.29 is 9.59 Å². The number of hydrogen-bond donors (Lipinski definition) is 1. The van der Waals surface area contributed by atoms with Crippen molar-refractivity contribution in [2.45, 2.75) is 108 Å². The van der Waals surface area contributed by atoms with E-state index in [2.05, 4.69) is 76.3 Å². The van der Waals surface area contributed by atoms with Crippen LogP contribution >= 0.6 is 0 Å². The zero-order valence-electron chi connectivity index (χ0n) is 26.3. The van der Waals surface area contributed by atoms with Gasteiger partial charge >= 0.3 is 0 Å². The Morgan fingerprint density at radius 2 is 1.58 bits per heavy atom. The largest absolute Gasteiger partial charge is 0.341 e. The number of likely N-dealkylation sites (tertiary alicyclic amines) is 1. The number of aryl methyl sites for hydroxylation is 1. The number of imidazole rings is 1. The molecule has 0 saturated carbocycles. The Hall–Kier alpha value is -3.19. The zero-order chi connectivity index (χ0) is 30.0. The van der Waals surface area contributed by atoms with Crippen LogP contribution in [0.3, 0.4) is 0 Å². The van der Waals surface area contributed by atoms with Crippen LogP contribution in [0.1, 0.15) is 89.6 Å². The van der Waals surface area contributed by atoms with E-state index in [4.69, 9.17) is 4.98 Å². The normalized spacial score (nSPS) is 30.1. The number of rotatable bonds is 6. The number of carbonyl (C=O) groups excluding carboxylic acids is 2. The van der Waals surface area contributed by atoms with Crippen molar-refractivity contribution in [1.82, 2.24) is 24.7 Å². The Labute approximate surface area is 256 Å². The Kier molecular flexibility index (Phi) is 6.95. The summed E-state index contributed by atoms with van der Waals surface area (Å²) in [6.45, 7) is 10.5. The van der Waals surface area contributed by atoms with Crippen molar-refractivity contribution in [2.75, 3.05) is 19.6 Å². The molecule has 4 saturated heterocycles. The highest BCUT2D eigenvalue weighted by atomic mass is 16.2. The SMILES string of the molecule is Cc1nc2ccccc2n1[C@H]1C[C@H]2CC[C@@H](C1)N2CCC1(c2ccccc2)CCN(C(=O)C2(C)CC(C)(C)C(=O)N2)CC1. The van der Waals surface area contributed by atoms with Crippen LogP contribution in [0.15, 0.2) is 54.6 Å². The lowest BCUT2D eigenvalue weighted by Crippen LogP contribution is -2.57. The number of para-hydroxylation sites is 2. The molecule has 2 amide bonds. The smallest absolute Gasteiger partial charge is 0.248 e. The Bertz CT molecular complexity index is 1510. The van der Waals surface area contributed by atoms with Gasteiger partial charge in [0.25, 0.3) is 0 Å². The molecule has 0 spiro atoms. The number of carbonyl (C=O) groups is 2. The van der Waals surface area contributed by atoms with Gasteiger partial charge in [-0.2, -0.15) is 0 Å². The van der Waals surface area contributed by atoms with E-state index < -0.39 is 11.0 Å². The van der Waals surface area contributed by atoms with E-state index in [0.29, 0.717) is 24.5 Å². The molecule has 2 aromatic carbocycles. The van der Waals surface area contributed by atoms with Crippen molar-refractivity contribution in [2.24, 2.45) is 5.41 Å². The first-order chi connectivity index (χ1) is 20.6. The van der Waals surface area contributed by atoms with Crippen molar-refractivity contribution in [3.8, 4) is 0 Å². The van der Waals surface area contributed by atoms with Crippen molar-refractivity contribution in [3.63, 3.8) is 0 Å². The Morgan fingerprint density at radius 1 is 0.930 bits per heavy atom. The molecule has 0 radical (unpaired) electrons. The van der Waals surface area contributed by atoms with Gasteiger partial charge in [-0.3, -0.25) is 14.5 Å². The molecule has 1 unspecified atom stereocenters. The molecular weight excluding hydrogens is 534 g/mol. The lowest BCUT2D eigenvalue weighted by Gasteiger charge is -2.46. The van der Waals surface area contributed by atoms with Crippen LogP contribution in [0.2, 0.25) is 0 Å². The molecule has 4 atom stereocenters. The second-order valence-corrected chi connectivity index (χ2v) is 14.8. The topological polar surface area (TPSA) is 70.5 Å². The summed E-state index contributed by atoms with van der Waals surface area (Å²) in [4.78, 5) is 36.0. The van der Waals surface area contributed by atoms with Gasteiger partial charge in [-0.1, -0.05) is 56.3 Å². The van der Waals surface area contributed by atoms with Gasteiger partial charge in [-0.15, -0.1) is 0 Å². The third-order valence-corrected chi connectivity index (χ3v) is 11.5. The van der Waals surface area contributed by atoms with Gasteiger partial charge in [0, 0.05) is 36.6 Å². The molecule has 4 aliphatic rings.